The fourth-order valence-corrected chi connectivity index (χ4v) is 2.06. The third-order valence-electron chi connectivity index (χ3n) is 3.22. The van der Waals surface area contributed by atoms with Gasteiger partial charge in [0.1, 0.15) is 0 Å². The molecule has 1 aliphatic heterocycles. The molecule has 0 bridgehead atoms. The minimum atomic E-state index is 0.539. The first-order valence-corrected chi connectivity index (χ1v) is 5.64. The van der Waals surface area contributed by atoms with Gasteiger partial charge >= 0.3 is 0 Å². The summed E-state index contributed by atoms with van der Waals surface area (Å²) in [6, 6.07) is 6.35. The van der Waals surface area contributed by atoms with Gasteiger partial charge in [0.15, 0.2) is 0 Å². The molecule has 1 fully saturated rings. The van der Waals surface area contributed by atoms with Gasteiger partial charge in [0, 0.05) is 32.0 Å². The van der Waals surface area contributed by atoms with Crippen molar-refractivity contribution in [3.63, 3.8) is 0 Å². The average Bonchev–Trinajstić information content (AvgIpc) is 2.33. The molecule has 1 heterocycles. The fourth-order valence-electron chi connectivity index (χ4n) is 2.06. The number of nitrogen functional groups attached to an aromatic ring is 2. The molecule has 4 N–H and O–H groups in total. The average molecular weight is 221 g/mol. The molecular formula is C12H19N3O. The van der Waals surface area contributed by atoms with Crippen molar-refractivity contribution in [2.24, 2.45) is 0 Å². The van der Waals surface area contributed by atoms with E-state index < -0.39 is 0 Å². The van der Waals surface area contributed by atoms with Gasteiger partial charge in [-0.3, -0.25) is 0 Å². The maximum Gasteiger partial charge on any atom is 0.0568 e. The second kappa shape index (κ2) is 4.61. The zero-order valence-electron chi connectivity index (χ0n) is 9.65. The van der Waals surface area contributed by atoms with Crippen molar-refractivity contribution in [1.82, 2.24) is 0 Å². The van der Waals surface area contributed by atoms with Crippen molar-refractivity contribution in [1.29, 1.82) is 0 Å². The van der Waals surface area contributed by atoms with E-state index in [-0.39, 0.29) is 0 Å². The van der Waals surface area contributed by atoms with Gasteiger partial charge in [-0.05, 0) is 31.0 Å². The number of rotatable bonds is 2. The number of hydrogen-bond acceptors (Lipinski definition) is 4. The lowest BCUT2D eigenvalue weighted by Crippen LogP contribution is -2.36. The molecule has 1 aromatic rings. The van der Waals surface area contributed by atoms with E-state index in [1.807, 2.05) is 18.2 Å². The van der Waals surface area contributed by atoms with Gasteiger partial charge in [0.05, 0.1) is 11.4 Å². The molecule has 4 heteroatoms. The van der Waals surface area contributed by atoms with Gasteiger partial charge in [-0.15, -0.1) is 0 Å². The molecule has 4 nitrogen and oxygen atoms in total. The maximum absolute atomic E-state index is 5.81. The van der Waals surface area contributed by atoms with Crippen LogP contribution >= 0.6 is 0 Å². The van der Waals surface area contributed by atoms with Crippen molar-refractivity contribution in [3.05, 3.63) is 18.2 Å². The van der Waals surface area contributed by atoms with Crippen LogP contribution in [-0.2, 0) is 4.74 Å². The summed E-state index contributed by atoms with van der Waals surface area (Å²) in [4.78, 5) is 2.26. The Morgan fingerprint density at radius 2 is 1.88 bits per heavy atom. The smallest absolute Gasteiger partial charge is 0.0568 e. The zero-order valence-corrected chi connectivity index (χ0v) is 9.65. The van der Waals surface area contributed by atoms with Crippen molar-refractivity contribution < 1.29 is 4.74 Å². The van der Waals surface area contributed by atoms with Crippen LogP contribution in [0, 0.1) is 0 Å². The highest BCUT2D eigenvalue weighted by molar-refractivity contribution is 5.69. The Morgan fingerprint density at radius 3 is 2.50 bits per heavy atom. The standard InChI is InChI=1S/C12H19N3O/c1-15(9-4-6-16-7-5-9)10-2-3-11(13)12(14)8-10/h2-3,8-9H,4-7,13-14H2,1H3. The van der Waals surface area contributed by atoms with Crippen molar-refractivity contribution in [2.45, 2.75) is 18.9 Å². The number of benzene rings is 1. The highest BCUT2D eigenvalue weighted by Gasteiger charge is 2.18. The van der Waals surface area contributed by atoms with Crippen LogP contribution in [-0.4, -0.2) is 26.3 Å². The summed E-state index contributed by atoms with van der Waals surface area (Å²) in [5.74, 6) is 0. The molecule has 0 atom stereocenters. The first-order chi connectivity index (χ1) is 7.68. The van der Waals surface area contributed by atoms with Crippen LogP contribution in [0.25, 0.3) is 0 Å². The molecule has 1 saturated heterocycles. The summed E-state index contributed by atoms with van der Waals surface area (Å²) in [5, 5.41) is 0. The lowest BCUT2D eigenvalue weighted by Gasteiger charge is -2.33. The molecule has 1 aliphatic rings. The van der Waals surface area contributed by atoms with E-state index in [0.29, 0.717) is 17.4 Å². The molecule has 0 amide bonds. The highest BCUT2D eigenvalue weighted by atomic mass is 16.5. The quantitative estimate of drug-likeness (QED) is 0.742. The molecular weight excluding hydrogens is 202 g/mol. The Bertz CT molecular complexity index is 361. The topological polar surface area (TPSA) is 64.5 Å². The molecule has 2 rings (SSSR count). The van der Waals surface area contributed by atoms with Crippen LogP contribution in [0.2, 0.25) is 0 Å². The molecule has 0 aromatic heterocycles. The third-order valence-corrected chi connectivity index (χ3v) is 3.22. The molecule has 0 aliphatic carbocycles. The van der Waals surface area contributed by atoms with E-state index in [2.05, 4.69) is 11.9 Å². The molecule has 0 spiro atoms. The predicted octanol–water partition coefficient (Wildman–Crippen LogP) is 1.47. The Hall–Kier alpha value is -1.42. The normalized spacial score (nSPS) is 17.3. The maximum atomic E-state index is 5.81. The van der Waals surface area contributed by atoms with Crippen LogP contribution in [0.15, 0.2) is 18.2 Å². The number of hydrogen-bond donors (Lipinski definition) is 2. The van der Waals surface area contributed by atoms with E-state index in [1.54, 1.807) is 0 Å². The minimum absolute atomic E-state index is 0.539. The van der Waals surface area contributed by atoms with Crippen molar-refractivity contribution >= 4 is 17.1 Å². The van der Waals surface area contributed by atoms with Gasteiger partial charge in [0.2, 0.25) is 0 Å². The minimum Gasteiger partial charge on any atom is -0.397 e. The monoisotopic (exact) mass is 221 g/mol. The third kappa shape index (κ3) is 2.22. The lowest BCUT2D eigenvalue weighted by atomic mass is 10.1. The number of anilines is 3. The first kappa shape index (κ1) is 11.1. The SMILES string of the molecule is CN(c1ccc(N)c(N)c1)C1CCOCC1. The molecule has 1 aromatic carbocycles. The summed E-state index contributed by atoms with van der Waals surface area (Å²) < 4.78 is 5.36. The fraction of sp³-hybridized carbons (Fsp3) is 0.500. The first-order valence-electron chi connectivity index (χ1n) is 5.64. The van der Waals surface area contributed by atoms with E-state index >= 15 is 0 Å². The van der Waals surface area contributed by atoms with E-state index in [4.69, 9.17) is 16.2 Å². The van der Waals surface area contributed by atoms with Crippen LogP contribution in [0.3, 0.4) is 0 Å². The number of ether oxygens (including phenoxy) is 1. The van der Waals surface area contributed by atoms with Gasteiger partial charge in [0.25, 0.3) is 0 Å². The van der Waals surface area contributed by atoms with E-state index in [9.17, 15) is 0 Å². The van der Waals surface area contributed by atoms with Crippen LogP contribution in [0.1, 0.15) is 12.8 Å². The van der Waals surface area contributed by atoms with Gasteiger partial charge < -0.3 is 21.1 Å². The molecule has 0 unspecified atom stereocenters. The van der Waals surface area contributed by atoms with Crippen molar-refractivity contribution in [2.75, 3.05) is 36.6 Å². The number of nitrogens with two attached hydrogens (primary N) is 2. The van der Waals surface area contributed by atoms with Gasteiger partial charge in [-0.1, -0.05) is 0 Å². The molecule has 88 valence electrons. The summed E-state index contributed by atoms with van der Waals surface area (Å²) >= 11 is 0. The molecule has 0 radical (unpaired) electrons. The lowest BCUT2D eigenvalue weighted by molar-refractivity contribution is 0.0855. The summed E-state index contributed by atoms with van der Waals surface area (Å²) in [6.07, 6.45) is 2.14. The van der Waals surface area contributed by atoms with Gasteiger partial charge in [-0.2, -0.15) is 0 Å². The predicted molar refractivity (Wildman–Crippen MR) is 67.5 cm³/mol. The Balaban J connectivity index is 2.12. The summed E-state index contributed by atoms with van der Waals surface area (Å²) in [5.41, 5.74) is 13.9. The van der Waals surface area contributed by atoms with E-state index in [1.165, 1.54) is 0 Å². The molecule has 0 saturated carbocycles. The number of nitrogens with zero attached hydrogens (tertiary/aromatic N) is 1. The van der Waals surface area contributed by atoms with Crippen LogP contribution in [0.4, 0.5) is 17.1 Å². The summed E-state index contributed by atoms with van der Waals surface area (Å²) in [7, 11) is 2.10. The van der Waals surface area contributed by atoms with E-state index in [0.717, 1.165) is 31.7 Å². The van der Waals surface area contributed by atoms with Gasteiger partial charge in [-0.25, -0.2) is 0 Å². The largest absolute Gasteiger partial charge is 0.397 e. The Labute approximate surface area is 96.2 Å². The van der Waals surface area contributed by atoms with Crippen LogP contribution in [0.5, 0.6) is 0 Å². The second-order valence-corrected chi connectivity index (χ2v) is 4.27. The Kier molecular flexibility index (Phi) is 3.19. The highest BCUT2D eigenvalue weighted by Crippen LogP contribution is 2.25. The zero-order chi connectivity index (χ0) is 11.5. The molecule has 16 heavy (non-hydrogen) atoms. The van der Waals surface area contributed by atoms with Crippen molar-refractivity contribution in [3.8, 4) is 0 Å². The van der Waals surface area contributed by atoms with Crippen LogP contribution < -0.4 is 16.4 Å². The Morgan fingerprint density at radius 1 is 1.19 bits per heavy atom. The second-order valence-electron chi connectivity index (χ2n) is 4.27. The summed E-state index contributed by atoms with van der Waals surface area (Å²) in [6.45, 7) is 1.69.